The largest absolute Gasteiger partial charge is 0.507 e. The van der Waals surface area contributed by atoms with Crippen molar-refractivity contribution in [3.63, 3.8) is 0 Å². The third-order valence-corrected chi connectivity index (χ3v) is 2.99. The molecule has 0 radical (unpaired) electrons. The molecule has 2 aromatic rings. The van der Waals surface area contributed by atoms with E-state index in [0.717, 1.165) is 28.2 Å². The predicted molar refractivity (Wildman–Crippen MR) is 72.8 cm³/mol. The first-order valence-electron chi connectivity index (χ1n) is 5.83. The monoisotopic (exact) mass is 243 g/mol. The fourth-order valence-electron chi connectivity index (χ4n) is 1.86. The van der Waals surface area contributed by atoms with Gasteiger partial charge in [-0.15, -0.1) is 0 Å². The van der Waals surface area contributed by atoms with Crippen LogP contribution >= 0.6 is 0 Å². The zero-order chi connectivity index (χ0) is 13.3. The molecule has 0 fully saturated rings. The Hall–Kier alpha value is -2.10. The molecule has 0 unspecified atom stereocenters. The fraction of sp³-hybridized carbons (Fsp3) is 0.286. The van der Waals surface area contributed by atoms with Crippen LogP contribution in [0.5, 0.6) is 5.75 Å². The van der Waals surface area contributed by atoms with E-state index in [0.29, 0.717) is 0 Å². The summed E-state index contributed by atoms with van der Waals surface area (Å²) in [6.45, 7) is 5.88. The summed E-state index contributed by atoms with van der Waals surface area (Å²) in [6.07, 6.45) is 1.68. The summed E-state index contributed by atoms with van der Waals surface area (Å²) in [5.74, 6) is 0.239. The summed E-state index contributed by atoms with van der Waals surface area (Å²) >= 11 is 0. The smallest absolute Gasteiger partial charge is 0.124 e. The van der Waals surface area contributed by atoms with E-state index in [1.165, 1.54) is 0 Å². The highest BCUT2D eigenvalue weighted by molar-refractivity contribution is 5.86. The van der Waals surface area contributed by atoms with Gasteiger partial charge in [0.1, 0.15) is 11.4 Å². The maximum Gasteiger partial charge on any atom is 0.124 e. The van der Waals surface area contributed by atoms with Crippen LogP contribution in [0.4, 0.5) is 5.69 Å². The van der Waals surface area contributed by atoms with Gasteiger partial charge in [0.05, 0.1) is 11.4 Å². The molecule has 4 nitrogen and oxygen atoms in total. The Morgan fingerprint density at radius 2 is 2.00 bits per heavy atom. The van der Waals surface area contributed by atoms with Gasteiger partial charge < -0.3 is 5.11 Å². The summed E-state index contributed by atoms with van der Waals surface area (Å²) in [5.41, 5.74) is 4.57. The van der Waals surface area contributed by atoms with Crippen LogP contribution in [0, 0.1) is 20.8 Å². The molecule has 0 aliphatic heterocycles. The van der Waals surface area contributed by atoms with Gasteiger partial charge in [-0.1, -0.05) is 11.6 Å². The van der Waals surface area contributed by atoms with Gasteiger partial charge in [-0.2, -0.15) is 5.10 Å². The average molecular weight is 243 g/mol. The van der Waals surface area contributed by atoms with E-state index in [4.69, 9.17) is 0 Å². The Balaban J connectivity index is 2.38. The lowest BCUT2D eigenvalue weighted by Crippen LogP contribution is -1.92. The number of aromatic hydroxyl groups is 1. The quantitative estimate of drug-likeness (QED) is 0.824. The van der Waals surface area contributed by atoms with Gasteiger partial charge in [0.2, 0.25) is 0 Å². The first kappa shape index (κ1) is 12.4. The molecule has 1 aromatic heterocycles. The van der Waals surface area contributed by atoms with Crippen LogP contribution in [0.3, 0.4) is 0 Å². The fourth-order valence-corrected chi connectivity index (χ4v) is 1.86. The van der Waals surface area contributed by atoms with E-state index in [2.05, 4.69) is 10.1 Å². The van der Waals surface area contributed by atoms with Crippen molar-refractivity contribution in [1.82, 2.24) is 9.78 Å². The number of phenolic OH excluding ortho intramolecular Hbond substituents is 1. The lowest BCUT2D eigenvalue weighted by Gasteiger charge is -2.00. The molecule has 0 saturated heterocycles. The number of rotatable bonds is 2. The molecule has 0 atom stereocenters. The molecule has 0 saturated carbocycles. The molecule has 4 heteroatoms. The van der Waals surface area contributed by atoms with Crippen molar-refractivity contribution in [2.45, 2.75) is 20.8 Å². The second-order valence-corrected chi connectivity index (χ2v) is 4.46. The van der Waals surface area contributed by atoms with Gasteiger partial charge in [0.25, 0.3) is 0 Å². The minimum Gasteiger partial charge on any atom is -0.507 e. The van der Waals surface area contributed by atoms with Crippen LogP contribution in [0.25, 0.3) is 0 Å². The van der Waals surface area contributed by atoms with Crippen molar-refractivity contribution in [3.05, 3.63) is 40.7 Å². The maximum absolute atomic E-state index is 9.74. The summed E-state index contributed by atoms with van der Waals surface area (Å²) in [5, 5.41) is 14.0. The Bertz CT molecular complexity index is 612. The number of phenols is 1. The Labute approximate surface area is 107 Å². The van der Waals surface area contributed by atoms with Crippen molar-refractivity contribution in [1.29, 1.82) is 0 Å². The SMILES string of the molecule is Cc1ccc(O)c(C=Nc2c(C)nn(C)c2C)c1. The van der Waals surface area contributed by atoms with E-state index in [1.54, 1.807) is 17.0 Å². The lowest BCUT2D eigenvalue weighted by atomic mass is 10.1. The normalized spacial score (nSPS) is 11.3. The molecule has 18 heavy (non-hydrogen) atoms. The van der Waals surface area contributed by atoms with Gasteiger partial charge in [-0.25, -0.2) is 0 Å². The molecule has 1 aromatic carbocycles. The third-order valence-electron chi connectivity index (χ3n) is 2.99. The molecule has 0 bridgehead atoms. The van der Waals surface area contributed by atoms with Crippen molar-refractivity contribution in [2.24, 2.45) is 12.0 Å². The second kappa shape index (κ2) is 4.64. The summed E-state index contributed by atoms with van der Waals surface area (Å²) in [7, 11) is 1.89. The van der Waals surface area contributed by atoms with Crippen molar-refractivity contribution in [2.75, 3.05) is 0 Å². The Morgan fingerprint density at radius 3 is 2.61 bits per heavy atom. The van der Waals surface area contributed by atoms with E-state index >= 15 is 0 Å². The average Bonchev–Trinajstić information content (AvgIpc) is 2.55. The van der Waals surface area contributed by atoms with Crippen LogP contribution in [-0.2, 0) is 7.05 Å². The topological polar surface area (TPSA) is 50.4 Å². The van der Waals surface area contributed by atoms with Crippen LogP contribution in [0.15, 0.2) is 23.2 Å². The zero-order valence-electron chi connectivity index (χ0n) is 11.1. The molecular weight excluding hydrogens is 226 g/mol. The van der Waals surface area contributed by atoms with Crippen LogP contribution in [0.1, 0.15) is 22.5 Å². The van der Waals surface area contributed by atoms with Crippen molar-refractivity contribution in [3.8, 4) is 5.75 Å². The molecule has 0 amide bonds. The van der Waals surface area contributed by atoms with Gasteiger partial charge in [0.15, 0.2) is 0 Å². The maximum atomic E-state index is 9.74. The van der Waals surface area contributed by atoms with Gasteiger partial charge >= 0.3 is 0 Å². The second-order valence-electron chi connectivity index (χ2n) is 4.46. The van der Waals surface area contributed by atoms with E-state index in [1.807, 2.05) is 40.0 Å². The number of hydrogen-bond acceptors (Lipinski definition) is 3. The Kier molecular flexibility index (Phi) is 3.19. The van der Waals surface area contributed by atoms with Gasteiger partial charge in [0, 0.05) is 18.8 Å². The van der Waals surface area contributed by atoms with Crippen LogP contribution in [-0.4, -0.2) is 21.1 Å². The zero-order valence-corrected chi connectivity index (χ0v) is 11.1. The highest BCUT2D eigenvalue weighted by atomic mass is 16.3. The number of hydrogen-bond donors (Lipinski definition) is 1. The van der Waals surface area contributed by atoms with Crippen LogP contribution in [0.2, 0.25) is 0 Å². The van der Waals surface area contributed by atoms with Crippen LogP contribution < -0.4 is 0 Å². The molecule has 1 heterocycles. The minimum absolute atomic E-state index is 0.239. The molecule has 1 N–H and O–H groups in total. The van der Waals surface area contributed by atoms with Crippen molar-refractivity contribution < 1.29 is 5.11 Å². The predicted octanol–water partition coefficient (Wildman–Crippen LogP) is 2.80. The highest BCUT2D eigenvalue weighted by Gasteiger charge is 2.07. The molecule has 0 spiro atoms. The minimum atomic E-state index is 0.239. The Morgan fingerprint density at radius 1 is 1.28 bits per heavy atom. The van der Waals surface area contributed by atoms with Gasteiger partial charge in [-0.3, -0.25) is 9.67 Å². The first-order valence-corrected chi connectivity index (χ1v) is 5.83. The number of aromatic nitrogens is 2. The summed E-state index contributed by atoms with van der Waals surface area (Å²) in [4.78, 5) is 4.43. The summed E-state index contributed by atoms with van der Waals surface area (Å²) < 4.78 is 1.80. The highest BCUT2D eigenvalue weighted by Crippen LogP contribution is 2.23. The first-order chi connectivity index (χ1) is 8.49. The molecule has 0 aliphatic rings. The number of aryl methyl sites for hydroxylation is 3. The van der Waals surface area contributed by atoms with Crippen molar-refractivity contribution >= 4 is 11.9 Å². The lowest BCUT2D eigenvalue weighted by molar-refractivity contribution is 0.474. The molecular formula is C14H17N3O. The number of benzene rings is 1. The summed E-state index contributed by atoms with van der Waals surface area (Å²) in [6, 6.07) is 5.45. The molecule has 2 rings (SSSR count). The van der Waals surface area contributed by atoms with E-state index < -0.39 is 0 Å². The van der Waals surface area contributed by atoms with Gasteiger partial charge in [-0.05, 0) is 32.9 Å². The standard InChI is InChI=1S/C14H17N3O/c1-9-5-6-13(18)12(7-9)8-15-14-10(2)16-17(4)11(14)3/h5-8,18H,1-4H3. The number of aliphatic imine (C=N–C) groups is 1. The molecule has 0 aliphatic carbocycles. The number of nitrogens with zero attached hydrogens (tertiary/aromatic N) is 3. The van der Waals surface area contributed by atoms with E-state index in [-0.39, 0.29) is 5.75 Å². The third kappa shape index (κ3) is 2.27. The van der Waals surface area contributed by atoms with E-state index in [9.17, 15) is 5.11 Å². The molecule has 94 valence electrons.